The van der Waals surface area contributed by atoms with Crippen molar-refractivity contribution in [2.75, 3.05) is 38.0 Å². The molecule has 1 N–H and O–H groups in total. The van der Waals surface area contributed by atoms with Crippen molar-refractivity contribution in [3.05, 3.63) is 65.0 Å². The van der Waals surface area contributed by atoms with E-state index in [0.717, 1.165) is 31.8 Å². The van der Waals surface area contributed by atoms with Gasteiger partial charge in [-0.25, -0.2) is 13.2 Å². The molecule has 1 aliphatic heterocycles. The van der Waals surface area contributed by atoms with Gasteiger partial charge in [-0.05, 0) is 42.9 Å². The highest BCUT2D eigenvalue weighted by molar-refractivity contribution is 6.05. The van der Waals surface area contributed by atoms with Crippen LogP contribution in [0, 0.1) is 17.5 Å². The summed E-state index contributed by atoms with van der Waals surface area (Å²) in [5.41, 5.74) is 0.148. The summed E-state index contributed by atoms with van der Waals surface area (Å²) < 4.78 is 39.9. The summed E-state index contributed by atoms with van der Waals surface area (Å²) in [7, 11) is 0. The number of piperazine rings is 1. The van der Waals surface area contributed by atoms with E-state index in [1.54, 1.807) is 4.90 Å². The molecule has 3 rings (SSSR count). The fraction of sp³-hybridized carbons (Fsp3) is 0.300. The van der Waals surface area contributed by atoms with Crippen molar-refractivity contribution < 1.29 is 22.8 Å². The highest BCUT2D eigenvalue weighted by Gasteiger charge is 2.22. The van der Waals surface area contributed by atoms with E-state index < -0.39 is 29.0 Å². The summed E-state index contributed by atoms with van der Waals surface area (Å²) in [6.45, 7) is 5.96. The molecule has 0 aromatic heterocycles. The van der Waals surface area contributed by atoms with Crippen LogP contribution in [0.3, 0.4) is 0 Å². The Morgan fingerprint density at radius 1 is 0.893 bits per heavy atom. The van der Waals surface area contributed by atoms with E-state index in [4.69, 9.17) is 0 Å². The van der Waals surface area contributed by atoms with Gasteiger partial charge in [0.05, 0.1) is 5.69 Å². The van der Waals surface area contributed by atoms with Gasteiger partial charge in [-0.2, -0.15) is 0 Å². The van der Waals surface area contributed by atoms with Crippen LogP contribution in [0.4, 0.5) is 18.9 Å². The third-order valence-electron chi connectivity index (χ3n) is 4.78. The van der Waals surface area contributed by atoms with E-state index in [1.807, 2.05) is 0 Å². The van der Waals surface area contributed by atoms with Crippen molar-refractivity contribution in [3.63, 3.8) is 0 Å². The summed E-state index contributed by atoms with van der Waals surface area (Å²) >= 11 is 0. The molecule has 2 aromatic carbocycles. The van der Waals surface area contributed by atoms with Crippen molar-refractivity contribution in [1.29, 1.82) is 0 Å². The van der Waals surface area contributed by atoms with Gasteiger partial charge in [-0.1, -0.05) is 6.92 Å². The molecular weight excluding hydrogens is 371 g/mol. The second-order valence-electron chi connectivity index (χ2n) is 6.48. The zero-order chi connectivity index (χ0) is 20.3. The standard InChI is InChI=1S/C20H20F3N3O2/c1-2-25-9-11-26(12-10-25)20(28)14-5-3-13(4-6-14)19(27)24-16-8-7-15(21)17(22)18(16)23/h3-8H,2,9-12H2,1H3,(H,24,27). The van der Waals surface area contributed by atoms with E-state index in [9.17, 15) is 22.8 Å². The van der Waals surface area contributed by atoms with E-state index in [1.165, 1.54) is 24.3 Å². The maximum Gasteiger partial charge on any atom is 0.255 e. The van der Waals surface area contributed by atoms with Gasteiger partial charge < -0.3 is 15.1 Å². The molecule has 0 spiro atoms. The minimum absolute atomic E-state index is 0.116. The largest absolute Gasteiger partial charge is 0.336 e. The first-order valence-electron chi connectivity index (χ1n) is 8.97. The zero-order valence-electron chi connectivity index (χ0n) is 15.3. The number of rotatable bonds is 4. The van der Waals surface area contributed by atoms with Crippen LogP contribution in [-0.4, -0.2) is 54.3 Å². The SMILES string of the molecule is CCN1CCN(C(=O)c2ccc(C(=O)Nc3ccc(F)c(F)c3F)cc2)CC1. The molecule has 8 heteroatoms. The van der Waals surface area contributed by atoms with Crippen LogP contribution < -0.4 is 5.32 Å². The van der Waals surface area contributed by atoms with Gasteiger partial charge in [0.15, 0.2) is 17.5 Å². The maximum absolute atomic E-state index is 13.7. The minimum Gasteiger partial charge on any atom is -0.336 e. The molecule has 0 saturated carbocycles. The van der Waals surface area contributed by atoms with Gasteiger partial charge >= 0.3 is 0 Å². The Bertz CT molecular complexity index is 879. The lowest BCUT2D eigenvalue weighted by Gasteiger charge is -2.34. The Morgan fingerprint density at radius 2 is 1.50 bits per heavy atom. The van der Waals surface area contributed by atoms with Crippen LogP contribution in [0.5, 0.6) is 0 Å². The molecule has 1 saturated heterocycles. The number of amides is 2. The van der Waals surface area contributed by atoms with Crippen LogP contribution in [0.1, 0.15) is 27.6 Å². The number of nitrogens with one attached hydrogen (secondary N) is 1. The summed E-state index contributed by atoms with van der Waals surface area (Å²) in [6, 6.07) is 7.58. The minimum atomic E-state index is -1.65. The second kappa shape index (κ2) is 8.43. The first-order valence-corrected chi connectivity index (χ1v) is 8.97. The molecular formula is C20H20F3N3O2. The average molecular weight is 391 g/mol. The van der Waals surface area contributed by atoms with Gasteiger partial charge in [0.25, 0.3) is 11.8 Å². The van der Waals surface area contributed by atoms with Crippen LogP contribution in [-0.2, 0) is 0 Å². The Balaban J connectivity index is 1.66. The molecule has 2 amide bonds. The van der Waals surface area contributed by atoms with Crippen molar-refractivity contribution in [1.82, 2.24) is 9.80 Å². The number of likely N-dealkylation sites (N-methyl/N-ethyl adjacent to an activating group) is 1. The van der Waals surface area contributed by atoms with Crippen LogP contribution in [0.25, 0.3) is 0 Å². The quantitative estimate of drug-likeness (QED) is 0.815. The van der Waals surface area contributed by atoms with Gasteiger partial charge in [-0.3, -0.25) is 9.59 Å². The number of hydrogen-bond acceptors (Lipinski definition) is 3. The fourth-order valence-corrected chi connectivity index (χ4v) is 3.03. The van der Waals surface area contributed by atoms with Gasteiger partial charge in [-0.15, -0.1) is 0 Å². The summed E-state index contributed by atoms with van der Waals surface area (Å²) in [6.07, 6.45) is 0. The molecule has 0 radical (unpaired) electrons. The zero-order valence-corrected chi connectivity index (χ0v) is 15.3. The number of nitrogens with zero attached hydrogens (tertiary/aromatic N) is 2. The lowest BCUT2D eigenvalue weighted by Crippen LogP contribution is -2.48. The topological polar surface area (TPSA) is 52.7 Å². The third kappa shape index (κ3) is 4.17. The highest BCUT2D eigenvalue weighted by Crippen LogP contribution is 2.20. The Hall–Kier alpha value is -2.87. The number of carbonyl (C=O) groups is 2. The third-order valence-corrected chi connectivity index (χ3v) is 4.78. The Labute approximate surface area is 160 Å². The van der Waals surface area contributed by atoms with E-state index in [0.29, 0.717) is 18.7 Å². The highest BCUT2D eigenvalue weighted by atomic mass is 19.2. The Kier molecular flexibility index (Phi) is 5.99. The summed E-state index contributed by atoms with van der Waals surface area (Å²) in [4.78, 5) is 28.8. The monoisotopic (exact) mass is 391 g/mol. The molecule has 1 aliphatic rings. The Morgan fingerprint density at radius 3 is 2.11 bits per heavy atom. The van der Waals surface area contributed by atoms with Crippen LogP contribution in [0.15, 0.2) is 36.4 Å². The molecule has 0 aliphatic carbocycles. The maximum atomic E-state index is 13.7. The predicted octanol–water partition coefficient (Wildman–Crippen LogP) is 3.13. The lowest BCUT2D eigenvalue weighted by atomic mass is 10.1. The predicted molar refractivity (Wildman–Crippen MR) is 98.7 cm³/mol. The number of carbonyl (C=O) groups excluding carboxylic acids is 2. The molecule has 0 atom stereocenters. The molecule has 1 heterocycles. The average Bonchev–Trinajstić information content (AvgIpc) is 2.73. The first kappa shape index (κ1) is 19.9. The van der Waals surface area contributed by atoms with E-state index in [2.05, 4.69) is 17.1 Å². The normalized spacial score (nSPS) is 14.8. The molecule has 0 bridgehead atoms. The van der Waals surface area contributed by atoms with Crippen LogP contribution >= 0.6 is 0 Å². The second-order valence-corrected chi connectivity index (χ2v) is 6.48. The number of anilines is 1. The van der Waals surface area contributed by atoms with Crippen molar-refractivity contribution >= 4 is 17.5 Å². The van der Waals surface area contributed by atoms with Gasteiger partial charge in [0.2, 0.25) is 0 Å². The van der Waals surface area contributed by atoms with Crippen molar-refractivity contribution in [2.24, 2.45) is 0 Å². The van der Waals surface area contributed by atoms with Crippen LogP contribution in [0.2, 0.25) is 0 Å². The van der Waals surface area contributed by atoms with E-state index >= 15 is 0 Å². The smallest absolute Gasteiger partial charge is 0.255 e. The summed E-state index contributed by atoms with van der Waals surface area (Å²) in [5.74, 6) is -5.26. The molecule has 148 valence electrons. The molecule has 1 fully saturated rings. The molecule has 2 aromatic rings. The summed E-state index contributed by atoms with van der Waals surface area (Å²) in [5, 5.41) is 2.20. The number of hydrogen-bond donors (Lipinski definition) is 1. The number of halogens is 3. The molecule has 28 heavy (non-hydrogen) atoms. The van der Waals surface area contributed by atoms with Gasteiger partial charge in [0, 0.05) is 37.3 Å². The number of benzene rings is 2. The molecule has 5 nitrogen and oxygen atoms in total. The fourth-order valence-electron chi connectivity index (χ4n) is 3.03. The molecule has 0 unspecified atom stereocenters. The first-order chi connectivity index (χ1) is 13.4. The van der Waals surface area contributed by atoms with Crippen molar-refractivity contribution in [3.8, 4) is 0 Å². The van der Waals surface area contributed by atoms with E-state index in [-0.39, 0.29) is 11.5 Å². The van der Waals surface area contributed by atoms with Crippen molar-refractivity contribution in [2.45, 2.75) is 6.92 Å². The van der Waals surface area contributed by atoms with Gasteiger partial charge in [0.1, 0.15) is 0 Å². The lowest BCUT2D eigenvalue weighted by molar-refractivity contribution is 0.0643.